The zero-order valence-electron chi connectivity index (χ0n) is 11.3. The van der Waals surface area contributed by atoms with E-state index >= 15 is 0 Å². The van der Waals surface area contributed by atoms with Crippen molar-refractivity contribution < 1.29 is 4.74 Å². The first kappa shape index (κ1) is 12.5. The van der Waals surface area contributed by atoms with Gasteiger partial charge < -0.3 is 10.5 Å². The summed E-state index contributed by atoms with van der Waals surface area (Å²) in [7, 11) is 0. The molecule has 0 saturated carbocycles. The van der Waals surface area contributed by atoms with E-state index in [4.69, 9.17) is 10.5 Å². The predicted molar refractivity (Wildman–Crippen MR) is 81.7 cm³/mol. The van der Waals surface area contributed by atoms with E-state index in [-0.39, 0.29) is 0 Å². The van der Waals surface area contributed by atoms with Crippen molar-refractivity contribution in [1.82, 2.24) is 4.98 Å². The minimum Gasteiger partial charge on any atom is -0.487 e. The summed E-state index contributed by atoms with van der Waals surface area (Å²) in [6.07, 6.45) is 1.80. The Morgan fingerprint density at radius 2 is 2.00 bits per heavy atom. The van der Waals surface area contributed by atoms with E-state index in [0.717, 1.165) is 27.8 Å². The van der Waals surface area contributed by atoms with Crippen LogP contribution in [0.4, 0.5) is 5.69 Å². The quantitative estimate of drug-likeness (QED) is 0.734. The largest absolute Gasteiger partial charge is 0.487 e. The van der Waals surface area contributed by atoms with E-state index in [1.54, 1.807) is 6.20 Å². The maximum Gasteiger partial charge on any atom is 0.142 e. The number of fused-ring (bicyclic) bond motifs is 1. The van der Waals surface area contributed by atoms with Gasteiger partial charge in [0.2, 0.25) is 0 Å². The Labute approximate surface area is 118 Å². The summed E-state index contributed by atoms with van der Waals surface area (Å²) >= 11 is 0. The van der Waals surface area contributed by atoms with Gasteiger partial charge in [0, 0.05) is 11.6 Å². The lowest BCUT2D eigenvalue weighted by Gasteiger charge is -2.11. The molecule has 1 heterocycles. The molecule has 3 rings (SSSR count). The van der Waals surface area contributed by atoms with Gasteiger partial charge in [-0.15, -0.1) is 0 Å². The molecular formula is C17H16N2O. The number of para-hydroxylation sites is 1. The molecule has 0 aliphatic carbocycles. The summed E-state index contributed by atoms with van der Waals surface area (Å²) in [5.41, 5.74) is 9.83. The lowest BCUT2D eigenvalue weighted by atomic mass is 10.1. The average Bonchev–Trinajstić information content (AvgIpc) is 2.48. The van der Waals surface area contributed by atoms with Crippen molar-refractivity contribution in [2.45, 2.75) is 13.5 Å². The molecule has 2 aromatic carbocycles. The highest BCUT2D eigenvalue weighted by atomic mass is 16.5. The highest BCUT2D eigenvalue weighted by molar-refractivity contribution is 5.78. The summed E-state index contributed by atoms with van der Waals surface area (Å²) in [6, 6.07) is 15.9. The third-order valence-electron chi connectivity index (χ3n) is 3.35. The third kappa shape index (κ3) is 2.43. The van der Waals surface area contributed by atoms with Gasteiger partial charge in [0.15, 0.2) is 0 Å². The standard InChI is InChI=1S/C17H16N2O/c1-12-4-2-6-16(17(12)18)20-11-13-7-8-15-14(10-13)5-3-9-19-15/h2-10H,11,18H2,1H3. The van der Waals surface area contributed by atoms with Crippen molar-refractivity contribution in [2.24, 2.45) is 0 Å². The van der Waals surface area contributed by atoms with Gasteiger partial charge in [0.25, 0.3) is 0 Å². The average molecular weight is 264 g/mol. The second-order valence-corrected chi connectivity index (χ2v) is 4.81. The first-order valence-corrected chi connectivity index (χ1v) is 6.55. The van der Waals surface area contributed by atoms with Gasteiger partial charge in [-0.25, -0.2) is 0 Å². The normalized spacial score (nSPS) is 10.7. The van der Waals surface area contributed by atoms with Gasteiger partial charge >= 0.3 is 0 Å². The number of nitrogens with two attached hydrogens (primary N) is 1. The van der Waals surface area contributed by atoms with Crippen LogP contribution < -0.4 is 10.5 Å². The third-order valence-corrected chi connectivity index (χ3v) is 3.35. The molecule has 0 unspecified atom stereocenters. The molecule has 2 N–H and O–H groups in total. The monoisotopic (exact) mass is 264 g/mol. The molecule has 0 atom stereocenters. The van der Waals surface area contributed by atoms with Crippen LogP contribution in [0.2, 0.25) is 0 Å². The molecule has 3 heteroatoms. The molecule has 0 bridgehead atoms. The van der Waals surface area contributed by atoms with Crippen molar-refractivity contribution >= 4 is 16.6 Å². The minimum atomic E-state index is 0.498. The Hall–Kier alpha value is -2.55. The zero-order chi connectivity index (χ0) is 13.9. The summed E-state index contributed by atoms with van der Waals surface area (Å²) in [4.78, 5) is 4.31. The molecule has 0 spiro atoms. The number of ether oxygens (including phenoxy) is 1. The van der Waals surface area contributed by atoms with Gasteiger partial charge in [-0.3, -0.25) is 4.98 Å². The molecular weight excluding hydrogens is 248 g/mol. The summed E-state index contributed by atoms with van der Waals surface area (Å²) in [5, 5.41) is 1.12. The van der Waals surface area contributed by atoms with Crippen molar-refractivity contribution in [3.63, 3.8) is 0 Å². The van der Waals surface area contributed by atoms with E-state index in [1.807, 2.05) is 49.4 Å². The number of benzene rings is 2. The van der Waals surface area contributed by atoms with Crippen LogP contribution in [0.1, 0.15) is 11.1 Å². The molecule has 0 saturated heterocycles. The van der Waals surface area contributed by atoms with Crippen LogP contribution in [0, 0.1) is 6.92 Å². The second-order valence-electron chi connectivity index (χ2n) is 4.81. The Morgan fingerprint density at radius 3 is 2.90 bits per heavy atom. The fourth-order valence-corrected chi connectivity index (χ4v) is 2.16. The van der Waals surface area contributed by atoms with Gasteiger partial charge in [0.05, 0.1) is 11.2 Å². The van der Waals surface area contributed by atoms with E-state index in [0.29, 0.717) is 12.3 Å². The van der Waals surface area contributed by atoms with Crippen LogP contribution in [-0.2, 0) is 6.61 Å². The van der Waals surface area contributed by atoms with Crippen LogP contribution >= 0.6 is 0 Å². The first-order chi connectivity index (χ1) is 9.74. The highest BCUT2D eigenvalue weighted by Gasteiger charge is 2.03. The number of nitrogens with zero attached hydrogens (tertiary/aromatic N) is 1. The maximum atomic E-state index is 6.00. The summed E-state index contributed by atoms with van der Waals surface area (Å²) in [5.74, 6) is 0.733. The van der Waals surface area contributed by atoms with E-state index in [2.05, 4.69) is 11.1 Å². The fourth-order valence-electron chi connectivity index (χ4n) is 2.16. The Balaban J connectivity index is 1.81. The molecule has 0 aliphatic rings. The molecule has 0 fully saturated rings. The van der Waals surface area contributed by atoms with Crippen LogP contribution in [0.15, 0.2) is 54.7 Å². The number of hydrogen-bond acceptors (Lipinski definition) is 3. The van der Waals surface area contributed by atoms with Crippen LogP contribution in [-0.4, -0.2) is 4.98 Å². The van der Waals surface area contributed by atoms with Crippen molar-refractivity contribution in [2.75, 3.05) is 5.73 Å². The number of rotatable bonds is 3. The van der Waals surface area contributed by atoms with Gasteiger partial charge in [-0.1, -0.05) is 24.3 Å². The molecule has 0 radical (unpaired) electrons. The Bertz CT molecular complexity index is 753. The van der Waals surface area contributed by atoms with E-state index in [9.17, 15) is 0 Å². The first-order valence-electron chi connectivity index (χ1n) is 6.55. The fraction of sp³-hybridized carbons (Fsp3) is 0.118. The number of pyridine rings is 1. The lowest BCUT2D eigenvalue weighted by molar-refractivity contribution is 0.308. The highest BCUT2D eigenvalue weighted by Crippen LogP contribution is 2.25. The van der Waals surface area contributed by atoms with E-state index in [1.165, 1.54) is 0 Å². The van der Waals surface area contributed by atoms with E-state index < -0.39 is 0 Å². The molecule has 20 heavy (non-hydrogen) atoms. The topological polar surface area (TPSA) is 48.1 Å². The SMILES string of the molecule is Cc1cccc(OCc2ccc3ncccc3c2)c1N. The van der Waals surface area contributed by atoms with Gasteiger partial charge in [0.1, 0.15) is 12.4 Å². The zero-order valence-corrected chi connectivity index (χ0v) is 11.3. The van der Waals surface area contributed by atoms with Crippen molar-refractivity contribution in [3.8, 4) is 5.75 Å². The van der Waals surface area contributed by atoms with Crippen molar-refractivity contribution in [1.29, 1.82) is 0 Å². The number of aromatic nitrogens is 1. The minimum absolute atomic E-state index is 0.498. The van der Waals surface area contributed by atoms with Crippen LogP contribution in [0.5, 0.6) is 5.75 Å². The number of nitrogen functional groups attached to an aromatic ring is 1. The molecule has 0 amide bonds. The van der Waals surface area contributed by atoms with Crippen molar-refractivity contribution in [3.05, 3.63) is 65.9 Å². The molecule has 3 aromatic rings. The molecule has 1 aromatic heterocycles. The number of anilines is 1. The molecule has 100 valence electrons. The predicted octanol–water partition coefficient (Wildman–Crippen LogP) is 3.70. The smallest absolute Gasteiger partial charge is 0.142 e. The van der Waals surface area contributed by atoms with Crippen LogP contribution in [0.3, 0.4) is 0 Å². The second kappa shape index (κ2) is 5.21. The number of hydrogen-bond donors (Lipinski definition) is 1. The molecule has 3 nitrogen and oxygen atoms in total. The summed E-state index contributed by atoms with van der Waals surface area (Å²) < 4.78 is 5.81. The number of aryl methyl sites for hydroxylation is 1. The Morgan fingerprint density at radius 1 is 1.10 bits per heavy atom. The maximum absolute atomic E-state index is 6.00. The van der Waals surface area contributed by atoms with Gasteiger partial charge in [-0.05, 0) is 42.3 Å². The summed E-state index contributed by atoms with van der Waals surface area (Å²) in [6.45, 7) is 2.47. The lowest BCUT2D eigenvalue weighted by Crippen LogP contribution is -2.00. The van der Waals surface area contributed by atoms with Crippen LogP contribution in [0.25, 0.3) is 10.9 Å². The van der Waals surface area contributed by atoms with Gasteiger partial charge in [-0.2, -0.15) is 0 Å². The molecule has 0 aliphatic heterocycles. The Kier molecular flexibility index (Phi) is 3.25.